The van der Waals surface area contributed by atoms with E-state index >= 15 is 0 Å². The third-order valence-electron chi connectivity index (χ3n) is 3.70. The molecule has 0 radical (unpaired) electrons. The van der Waals surface area contributed by atoms with E-state index in [4.69, 9.17) is 0 Å². The smallest absolute Gasteiger partial charge is 0.257 e. The number of Topliss-reactive ketones (excluding diaryl/α,β-unsaturated/α-hetero) is 1. The third kappa shape index (κ3) is 4.10. The Morgan fingerprint density at radius 2 is 1.65 bits per heavy atom. The van der Waals surface area contributed by atoms with E-state index < -0.39 is 5.82 Å². The highest BCUT2D eigenvalue weighted by molar-refractivity contribution is 6.05. The van der Waals surface area contributed by atoms with E-state index in [1.165, 1.54) is 25.4 Å². The first-order valence-electron chi connectivity index (χ1n) is 7.92. The summed E-state index contributed by atoms with van der Waals surface area (Å²) in [7, 11) is 0. The highest BCUT2D eigenvalue weighted by atomic mass is 19.1. The van der Waals surface area contributed by atoms with Gasteiger partial charge in [0.2, 0.25) is 0 Å². The van der Waals surface area contributed by atoms with Gasteiger partial charge in [0.15, 0.2) is 5.78 Å². The summed E-state index contributed by atoms with van der Waals surface area (Å²) in [5, 5.41) is 5.63. The number of rotatable bonds is 5. The Morgan fingerprint density at radius 3 is 2.35 bits per heavy atom. The number of nitrogens with one attached hydrogen (secondary N) is 2. The molecule has 0 bridgehead atoms. The number of amides is 1. The highest BCUT2D eigenvalue weighted by Crippen LogP contribution is 2.20. The quantitative estimate of drug-likeness (QED) is 0.669. The van der Waals surface area contributed by atoms with Crippen LogP contribution >= 0.6 is 0 Å². The Balaban J connectivity index is 1.74. The molecule has 0 aliphatic heterocycles. The van der Waals surface area contributed by atoms with Gasteiger partial charge in [0.05, 0.1) is 23.1 Å². The number of anilines is 3. The second kappa shape index (κ2) is 7.57. The molecule has 3 aromatic rings. The standard InChI is InChI=1S/C20H16FN3O2/c1-13(25)14-6-8-16(9-7-14)24-20(26)15-10-17(12-22-11-15)23-19-5-3-2-4-18(19)21/h2-12,23H,1H3,(H,24,26). The fourth-order valence-electron chi connectivity index (χ4n) is 2.34. The lowest BCUT2D eigenvalue weighted by molar-refractivity contribution is 0.101. The molecule has 1 aromatic heterocycles. The van der Waals surface area contributed by atoms with Crippen LogP contribution in [0.25, 0.3) is 0 Å². The maximum Gasteiger partial charge on any atom is 0.257 e. The van der Waals surface area contributed by atoms with Gasteiger partial charge in [0.25, 0.3) is 5.91 Å². The van der Waals surface area contributed by atoms with Gasteiger partial charge in [0.1, 0.15) is 5.82 Å². The van der Waals surface area contributed by atoms with Crippen LogP contribution in [-0.2, 0) is 0 Å². The molecule has 0 saturated heterocycles. The Bertz CT molecular complexity index is 955. The largest absolute Gasteiger partial charge is 0.352 e. The molecule has 130 valence electrons. The molecule has 0 atom stereocenters. The zero-order chi connectivity index (χ0) is 18.5. The van der Waals surface area contributed by atoms with Gasteiger partial charge >= 0.3 is 0 Å². The van der Waals surface area contributed by atoms with E-state index in [0.717, 1.165) is 0 Å². The van der Waals surface area contributed by atoms with Crippen LogP contribution in [0.4, 0.5) is 21.5 Å². The van der Waals surface area contributed by atoms with Crippen LogP contribution in [0.5, 0.6) is 0 Å². The van der Waals surface area contributed by atoms with Gasteiger partial charge in [-0.3, -0.25) is 14.6 Å². The first-order valence-corrected chi connectivity index (χ1v) is 7.92. The Kier molecular flexibility index (Phi) is 5.03. The molecule has 0 saturated carbocycles. The van der Waals surface area contributed by atoms with Crippen LogP contribution in [0, 0.1) is 5.82 Å². The summed E-state index contributed by atoms with van der Waals surface area (Å²) < 4.78 is 13.7. The maximum atomic E-state index is 13.7. The first kappa shape index (κ1) is 17.3. The Morgan fingerprint density at radius 1 is 0.923 bits per heavy atom. The van der Waals surface area contributed by atoms with E-state index in [2.05, 4.69) is 15.6 Å². The van der Waals surface area contributed by atoms with E-state index in [9.17, 15) is 14.0 Å². The first-order chi connectivity index (χ1) is 12.5. The Labute approximate surface area is 149 Å². The molecule has 0 aliphatic carbocycles. The number of nitrogens with zero attached hydrogens (tertiary/aromatic N) is 1. The summed E-state index contributed by atoms with van der Waals surface area (Å²) >= 11 is 0. The van der Waals surface area contributed by atoms with Gasteiger partial charge in [-0.05, 0) is 49.4 Å². The minimum absolute atomic E-state index is 0.0426. The van der Waals surface area contributed by atoms with Crippen LogP contribution in [0.2, 0.25) is 0 Å². The average molecular weight is 349 g/mol. The number of carbonyl (C=O) groups is 2. The van der Waals surface area contributed by atoms with Crippen molar-refractivity contribution in [2.75, 3.05) is 10.6 Å². The summed E-state index contributed by atoms with van der Waals surface area (Å²) in [5.41, 5.74) is 2.25. The number of hydrogen-bond donors (Lipinski definition) is 2. The molecule has 0 fully saturated rings. The number of carbonyl (C=O) groups excluding carboxylic acids is 2. The van der Waals surface area contributed by atoms with E-state index in [-0.39, 0.29) is 11.7 Å². The predicted molar refractivity (Wildman–Crippen MR) is 98.3 cm³/mol. The van der Waals surface area contributed by atoms with Crippen molar-refractivity contribution < 1.29 is 14.0 Å². The van der Waals surface area contributed by atoms with Crippen molar-refractivity contribution in [1.29, 1.82) is 0 Å². The minimum atomic E-state index is -0.395. The number of ketones is 1. The van der Waals surface area contributed by atoms with Crippen LogP contribution < -0.4 is 10.6 Å². The van der Waals surface area contributed by atoms with Gasteiger partial charge in [-0.25, -0.2) is 4.39 Å². The van der Waals surface area contributed by atoms with Crippen molar-refractivity contribution in [1.82, 2.24) is 4.98 Å². The highest BCUT2D eigenvalue weighted by Gasteiger charge is 2.09. The molecular weight excluding hydrogens is 333 g/mol. The lowest BCUT2D eigenvalue weighted by Crippen LogP contribution is -2.12. The Hall–Kier alpha value is -3.54. The van der Waals surface area contributed by atoms with Crippen molar-refractivity contribution >= 4 is 28.8 Å². The van der Waals surface area contributed by atoms with Crippen LogP contribution in [0.3, 0.4) is 0 Å². The lowest BCUT2D eigenvalue weighted by atomic mass is 10.1. The molecule has 0 spiro atoms. The number of benzene rings is 2. The zero-order valence-electron chi connectivity index (χ0n) is 14.0. The number of halogens is 1. The zero-order valence-corrected chi connectivity index (χ0v) is 14.0. The van der Waals surface area contributed by atoms with E-state index in [1.807, 2.05) is 0 Å². The van der Waals surface area contributed by atoms with E-state index in [0.29, 0.717) is 28.2 Å². The summed E-state index contributed by atoms with van der Waals surface area (Å²) in [6, 6.07) is 14.4. The minimum Gasteiger partial charge on any atom is -0.352 e. The van der Waals surface area contributed by atoms with Crippen LogP contribution in [0.1, 0.15) is 27.6 Å². The molecule has 5 nitrogen and oxygen atoms in total. The summed E-state index contributed by atoms with van der Waals surface area (Å²) in [5.74, 6) is -0.794. The summed E-state index contributed by atoms with van der Waals surface area (Å²) in [4.78, 5) is 27.7. The van der Waals surface area contributed by atoms with Crippen molar-refractivity contribution in [2.45, 2.75) is 6.92 Å². The van der Waals surface area contributed by atoms with E-state index in [1.54, 1.807) is 48.5 Å². The maximum absolute atomic E-state index is 13.7. The molecule has 26 heavy (non-hydrogen) atoms. The fraction of sp³-hybridized carbons (Fsp3) is 0.0500. The normalized spacial score (nSPS) is 10.2. The summed E-state index contributed by atoms with van der Waals surface area (Å²) in [6.07, 6.45) is 2.93. The number of pyridine rings is 1. The molecule has 3 rings (SSSR count). The molecule has 1 heterocycles. The van der Waals surface area contributed by atoms with Crippen molar-refractivity contribution in [3.63, 3.8) is 0 Å². The summed E-state index contributed by atoms with van der Waals surface area (Å²) in [6.45, 7) is 1.48. The number of hydrogen-bond acceptors (Lipinski definition) is 4. The van der Waals surface area contributed by atoms with Crippen molar-refractivity contribution in [3.8, 4) is 0 Å². The monoisotopic (exact) mass is 349 g/mol. The molecule has 2 N–H and O–H groups in total. The van der Waals surface area contributed by atoms with Crippen LogP contribution in [-0.4, -0.2) is 16.7 Å². The van der Waals surface area contributed by atoms with Gasteiger partial charge in [-0.1, -0.05) is 12.1 Å². The second-order valence-corrected chi connectivity index (χ2v) is 5.65. The van der Waals surface area contributed by atoms with Gasteiger partial charge < -0.3 is 10.6 Å². The van der Waals surface area contributed by atoms with Gasteiger partial charge in [0, 0.05) is 17.4 Å². The number of para-hydroxylation sites is 1. The molecule has 6 heteroatoms. The van der Waals surface area contributed by atoms with Crippen LogP contribution in [0.15, 0.2) is 67.0 Å². The average Bonchev–Trinajstić information content (AvgIpc) is 2.64. The molecular formula is C20H16FN3O2. The lowest BCUT2D eigenvalue weighted by Gasteiger charge is -2.09. The molecule has 0 unspecified atom stereocenters. The SMILES string of the molecule is CC(=O)c1ccc(NC(=O)c2cncc(Nc3ccccc3F)c2)cc1. The predicted octanol–water partition coefficient (Wildman–Crippen LogP) is 4.42. The van der Waals surface area contributed by atoms with Gasteiger partial charge in [-0.2, -0.15) is 0 Å². The molecule has 2 aromatic carbocycles. The van der Waals surface area contributed by atoms with Crippen molar-refractivity contribution in [2.24, 2.45) is 0 Å². The third-order valence-corrected chi connectivity index (χ3v) is 3.70. The van der Waals surface area contributed by atoms with Crippen molar-refractivity contribution in [3.05, 3.63) is 83.9 Å². The molecule has 0 aliphatic rings. The fourth-order valence-corrected chi connectivity index (χ4v) is 2.34. The molecule has 1 amide bonds. The topological polar surface area (TPSA) is 71.1 Å². The number of aromatic nitrogens is 1. The van der Waals surface area contributed by atoms with Gasteiger partial charge in [-0.15, -0.1) is 0 Å². The second-order valence-electron chi connectivity index (χ2n) is 5.65.